The molecule has 5 rings (SSSR count). The van der Waals surface area contributed by atoms with E-state index in [-0.39, 0.29) is 11.8 Å². The largest absolute Gasteiger partial charge is 0.323 e. The van der Waals surface area contributed by atoms with Gasteiger partial charge in [-0.3, -0.25) is 9.59 Å². The van der Waals surface area contributed by atoms with Crippen molar-refractivity contribution >= 4 is 34.2 Å². The average Bonchev–Trinajstić information content (AvgIpc) is 3.38. The molecule has 0 fully saturated rings. The standard InChI is InChI=1S/C24H18N4O2/c29-23(17-12-21-8-1-3-10-27(21)15-17)25-19-6-5-7-20(14-19)26-24(30)18-13-22-9-2-4-11-28(22)16-18/h1-16H,(H,25,29)(H,26,30). The molecule has 6 nitrogen and oxygen atoms in total. The molecule has 0 atom stereocenters. The van der Waals surface area contributed by atoms with Crippen LogP contribution in [0.4, 0.5) is 11.4 Å². The van der Waals surface area contributed by atoms with E-state index < -0.39 is 0 Å². The van der Waals surface area contributed by atoms with Gasteiger partial charge in [0.25, 0.3) is 11.8 Å². The lowest BCUT2D eigenvalue weighted by molar-refractivity contribution is 0.101. The van der Waals surface area contributed by atoms with Crippen LogP contribution in [-0.2, 0) is 0 Å². The van der Waals surface area contributed by atoms with Crippen molar-refractivity contribution in [2.45, 2.75) is 0 Å². The second-order valence-corrected chi connectivity index (χ2v) is 7.01. The molecule has 6 heteroatoms. The molecule has 0 aliphatic rings. The number of nitrogens with one attached hydrogen (secondary N) is 2. The Morgan fingerprint density at radius 2 is 1.10 bits per heavy atom. The van der Waals surface area contributed by atoms with Gasteiger partial charge in [0.2, 0.25) is 0 Å². The lowest BCUT2D eigenvalue weighted by Crippen LogP contribution is -2.13. The quantitative estimate of drug-likeness (QED) is 0.464. The normalized spacial score (nSPS) is 10.9. The van der Waals surface area contributed by atoms with E-state index in [9.17, 15) is 9.59 Å². The minimum atomic E-state index is -0.208. The van der Waals surface area contributed by atoms with Crippen molar-refractivity contribution in [2.75, 3.05) is 10.6 Å². The van der Waals surface area contributed by atoms with Crippen molar-refractivity contribution in [1.29, 1.82) is 0 Å². The van der Waals surface area contributed by atoms with E-state index in [1.165, 1.54) is 0 Å². The summed E-state index contributed by atoms with van der Waals surface area (Å²) in [5, 5.41) is 5.77. The monoisotopic (exact) mass is 394 g/mol. The van der Waals surface area contributed by atoms with Crippen LogP contribution >= 0.6 is 0 Å². The van der Waals surface area contributed by atoms with E-state index in [2.05, 4.69) is 10.6 Å². The van der Waals surface area contributed by atoms with Gasteiger partial charge in [-0.1, -0.05) is 18.2 Å². The van der Waals surface area contributed by atoms with E-state index >= 15 is 0 Å². The minimum absolute atomic E-state index is 0.208. The predicted octanol–water partition coefficient (Wildman–Crippen LogP) is 4.70. The Morgan fingerprint density at radius 1 is 0.600 bits per heavy atom. The first-order chi connectivity index (χ1) is 14.7. The maximum Gasteiger partial charge on any atom is 0.257 e. The van der Waals surface area contributed by atoms with Gasteiger partial charge in [-0.15, -0.1) is 0 Å². The Hall–Kier alpha value is -4.32. The van der Waals surface area contributed by atoms with Crippen LogP contribution in [0, 0.1) is 0 Å². The summed E-state index contributed by atoms with van der Waals surface area (Å²) in [7, 11) is 0. The van der Waals surface area contributed by atoms with Crippen LogP contribution in [-0.4, -0.2) is 20.6 Å². The molecule has 1 aromatic carbocycles. The highest BCUT2D eigenvalue weighted by Gasteiger charge is 2.11. The van der Waals surface area contributed by atoms with E-state index in [0.717, 1.165) is 11.0 Å². The van der Waals surface area contributed by atoms with Crippen LogP contribution in [0.3, 0.4) is 0 Å². The van der Waals surface area contributed by atoms with Gasteiger partial charge in [0.15, 0.2) is 0 Å². The molecule has 4 heterocycles. The van der Waals surface area contributed by atoms with Gasteiger partial charge in [-0.25, -0.2) is 0 Å². The van der Waals surface area contributed by atoms with Crippen molar-refractivity contribution in [2.24, 2.45) is 0 Å². The summed E-state index contributed by atoms with van der Waals surface area (Å²) < 4.78 is 3.79. The molecule has 4 aromatic heterocycles. The number of carbonyl (C=O) groups excluding carboxylic acids is 2. The van der Waals surface area contributed by atoms with Crippen LogP contribution in [0.5, 0.6) is 0 Å². The lowest BCUT2D eigenvalue weighted by Gasteiger charge is -2.08. The van der Waals surface area contributed by atoms with Gasteiger partial charge >= 0.3 is 0 Å². The second kappa shape index (κ2) is 7.25. The van der Waals surface area contributed by atoms with Crippen molar-refractivity contribution in [3.8, 4) is 0 Å². The van der Waals surface area contributed by atoms with E-state index in [1.807, 2.05) is 69.7 Å². The molecular formula is C24H18N4O2. The fraction of sp³-hybridized carbons (Fsp3) is 0. The van der Waals surface area contributed by atoms with E-state index in [4.69, 9.17) is 0 Å². The number of rotatable bonds is 4. The number of amides is 2. The SMILES string of the molecule is O=C(Nc1cccc(NC(=O)c2cc3ccccn3c2)c1)c1cc2ccccn2c1. The Bertz CT molecular complexity index is 1230. The summed E-state index contributed by atoms with van der Waals surface area (Å²) in [6.45, 7) is 0. The van der Waals surface area contributed by atoms with Gasteiger partial charge in [-0.2, -0.15) is 0 Å². The number of pyridine rings is 2. The Balaban J connectivity index is 1.32. The fourth-order valence-electron chi connectivity index (χ4n) is 3.44. The number of benzene rings is 1. The van der Waals surface area contributed by atoms with E-state index in [1.54, 1.807) is 36.7 Å². The van der Waals surface area contributed by atoms with Crippen molar-refractivity contribution in [3.05, 3.63) is 109 Å². The molecule has 0 radical (unpaired) electrons. The van der Waals surface area contributed by atoms with Gasteiger partial charge in [-0.05, 0) is 54.6 Å². The number of carbonyl (C=O) groups is 2. The first kappa shape index (κ1) is 17.8. The molecule has 30 heavy (non-hydrogen) atoms. The zero-order chi connectivity index (χ0) is 20.5. The van der Waals surface area contributed by atoms with Gasteiger partial charge in [0.05, 0.1) is 11.1 Å². The molecule has 146 valence electrons. The molecule has 0 saturated heterocycles. The minimum Gasteiger partial charge on any atom is -0.323 e. The Kier molecular flexibility index (Phi) is 4.29. The number of hydrogen-bond acceptors (Lipinski definition) is 2. The number of hydrogen-bond donors (Lipinski definition) is 2. The lowest BCUT2D eigenvalue weighted by atomic mass is 10.2. The average molecular weight is 394 g/mol. The molecule has 0 bridgehead atoms. The fourth-order valence-corrected chi connectivity index (χ4v) is 3.44. The summed E-state index contributed by atoms with van der Waals surface area (Å²) >= 11 is 0. The first-order valence-corrected chi connectivity index (χ1v) is 9.52. The predicted molar refractivity (Wildman–Crippen MR) is 117 cm³/mol. The molecule has 2 amide bonds. The molecule has 0 spiro atoms. The highest BCUT2D eigenvalue weighted by molar-refractivity contribution is 6.07. The molecule has 0 aliphatic heterocycles. The third-order valence-electron chi connectivity index (χ3n) is 4.91. The second-order valence-electron chi connectivity index (χ2n) is 7.01. The first-order valence-electron chi connectivity index (χ1n) is 9.52. The smallest absolute Gasteiger partial charge is 0.257 e. The van der Waals surface area contributed by atoms with Crippen LogP contribution in [0.25, 0.3) is 11.0 Å². The number of fused-ring (bicyclic) bond motifs is 2. The maximum atomic E-state index is 12.6. The maximum absolute atomic E-state index is 12.6. The van der Waals surface area contributed by atoms with E-state index in [0.29, 0.717) is 22.5 Å². The van der Waals surface area contributed by atoms with Crippen LogP contribution in [0.15, 0.2) is 97.6 Å². The van der Waals surface area contributed by atoms with Crippen LogP contribution in [0.1, 0.15) is 20.7 Å². The topological polar surface area (TPSA) is 67.0 Å². The summed E-state index contributed by atoms with van der Waals surface area (Å²) in [4.78, 5) is 25.2. The molecule has 5 aromatic rings. The summed E-state index contributed by atoms with van der Waals surface area (Å²) in [5.41, 5.74) is 4.24. The molecule has 0 saturated carbocycles. The third-order valence-corrected chi connectivity index (χ3v) is 4.91. The van der Waals surface area contributed by atoms with Crippen LogP contribution in [0.2, 0.25) is 0 Å². The third kappa shape index (κ3) is 3.42. The van der Waals surface area contributed by atoms with Gasteiger partial charge in [0, 0.05) is 47.2 Å². The van der Waals surface area contributed by atoms with Gasteiger partial charge < -0.3 is 19.4 Å². The van der Waals surface area contributed by atoms with Crippen molar-refractivity contribution in [1.82, 2.24) is 8.80 Å². The number of aromatic nitrogens is 2. The zero-order valence-electron chi connectivity index (χ0n) is 15.9. The van der Waals surface area contributed by atoms with Crippen LogP contribution < -0.4 is 10.6 Å². The Morgan fingerprint density at radius 3 is 1.57 bits per heavy atom. The Labute approximate surface area is 172 Å². The summed E-state index contributed by atoms with van der Waals surface area (Å²) in [5.74, 6) is -0.415. The number of nitrogens with zero attached hydrogens (tertiary/aromatic N) is 2. The molecular weight excluding hydrogens is 376 g/mol. The number of anilines is 2. The molecule has 0 unspecified atom stereocenters. The van der Waals surface area contributed by atoms with Crippen molar-refractivity contribution < 1.29 is 9.59 Å². The summed E-state index contributed by atoms with van der Waals surface area (Å²) in [6, 6.07) is 22.3. The highest BCUT2D eigenvalue weighted by atomic mass is 16.2. The molecule has 2 N–H and O–H groups in total. The molecule has 0 aliphatic carbocycles. The highest BCUT2D eigenvalue weighted by Crippen LogP contribution is 2.19. The van der Waals surface area contributed by atoms with Gasteiger partial charge in [0.1, 0.15) is 0 Å². The summed E-state index contributed by atoms with van der Waals surface area (Å²) in [6.07, 6.45) is 7.36. The van der Waals surface area contributed by atoms with Crippen molar-refractivity contribution in [3.63, 3.8) is 0 Å². The zero-order valence-corrected chi connectivity index (χ0v) is 15.9.